The maximum Gasteiger partial charge on any atom is 0.0994 e. The lowest BCUT2D eigenvalue weighted by Gasteiger charge is -1.68. The van der Waals surface area contributed by atoms with Gasteiger partial charge in [-0.25, -0.2) is 0 Å². The molecule has 0 N–H and O–H groups in total. The number of allylic oxidation sites excluding steroid dienone is 2. The average molecular weight is 96.1 g/mol. The molecule has 1 aliphatic rings. The van der Waals surface area contributed by atoms with E-state index in [1.54, 1.807) is 6.08 Å². The van der Waals surface area contributed by atoms with Gasteiger partial charge in [-0.2, -0.15) is 0 Å². The Labute approximate surface area is 43.3 Å². The minimum Gasteiger partial charge on any atom is -0.369 e. The molecule has 1 fully saturated rings. The molecule has 7 heavy (non-hydrogen) atoms. The Balaban J connectivity index is 2.17. The van der Waals surface area contributed by atoms with Crippen molar-refractivity contribution in [2.24, 2.45) is 0 Å². The lowest BCUT2D eigenvalue weighted by atomic mass is 10.4. The van der Waals surface area contributed by atoms with Crippen LogP contribution in [0.1, 0.15) is 0 Å². The first kappa shape index (κ1) is 4.60. The molecule has 1 heterocycles. The normalized spacial score (nSPS) is 28.3. The van der Waals surface area contributed by atoms with Crippen LogP contribution in [0, 0.1) is 0 Å². The van der Waals surface area contributed by atoms with E-state index in [1.165, 1.54) is 0 Å². The maximum absolute atomic E-state index is 4.88. The van der Waals surface area contributed by atoms with Gasteiger partial charge in [-0.3, -0.25) is 0 Å². The fourth-order valence-corrected chi connectivity index (χ4v) is 0.369. The summed E-state index contributed by atoms with van der Waals surface area (Å²) in [7, 11) is 0. The van der Waals surface area contributed by atoms with Crippen LogP contribution in [0.3, 0.4) is 0 Å². The van der Waals surface area contributed by atoms with E-state index in [1.807, 2.05) is 12.2 Å². The van der Waals surface area contributed by atoms with Crippen molar-refractivity contribution >= 4 is 0 Å². The molecule has 1 atom stereocenters. The molecule has 0 spiro atoms. The summed E-state index contributed by atoms with van der Waals surface area (Å²) in [6.45, 7) is 4.41. The third-order valence-electron chi connectivity index (χ3n) is 0.821. The van der Waals surface area contributed by atoms with Gasteiger partial charge in [-0.05, 0) is 0 Å². The molecule has 0 aliphatic carbocycles. The molecule has 0 saturated carbocycles. The number of hydrogen-bond acceptors (Lipinski definition) is 1. The van der Waals surface area contributed by atoms with Crippen LogP contribution in [-0.2, 0) is 4.74 Å². The summed E-state index contributed by atoms with van der Waals surface area (Å²) >= 11 is 0. The van der Waals surface area contributed by atoms with Gasteiger partial charge in [0.1, 0.15) is 0 Å². The van der Waals surface area contributed by atoms with Crippen molar-refractivity contribution in [3.05, 3.63) is 24.8 Å². The number of ether oxygens (including phenoxy) is 1. The van der Waals surface area contributed by atoms with Crippen LogP contribution in [0.2, 0.25) is 0 Å². The van der Waals surface area contributed by atoms with Gasteiger partial charge in [0, 0.05) is 0 Å². The van der Waals surface area contributed by atoms with Gasteiger partial charge < -0.3 is 4.74 Å². The molecule has 0 aromatic heterocycles. The summed E-state index contributed by atoms with van der Waals surface area (Å²) in [5, 5.41) is 0. The topological polar surface area (TPSA) is 12.5 Å². The Kier molecular flexibility index (Phi) is 1.27. The minimum absolute atomic E-state index is 0.401. The van der Waals surface area contributed by atoms with Crippen LogP contribution in [0.15, 0.2) is 24.8 Å². The highest BCUT2D eigenvalue weighted by Crippen LogP contribution is 2.08. The maximum atomic E-state index is 4.88. The van der Waals surface area contributed by atoms with Gasteiger partial charge in [0.05, 0.1) is 12.7 Å². The van der Waals surface area contributed by atoms with Crippen molar-refractivity contribution in [2.75, 3.05) is 6.61 Å². The van der Waals surface area contributed by atoms with Gasteiger partial charge in [0.15, 0.2) is 0 Å². The number of epoxide rings is 1. The minimum atomic E-state index is 0.401. The van der Waals surface area contributed by atoms with E-state index in [2.05, 4.69) is 6.58 Å². The summed E-state index contributed by atoms with van der Waals surface area (Å²) in [6.07, 6.45) is 6.05. The molecule has 38 valence electrons. The molecule has 1 heteroatoms. The van der Waals surface area contributed by atoms with Crippen molar-refractivity contribution < 1.29 is 4.74 Å². The van der Waals surface area contributed by atoms with Crippen LogP contribution in [0.5, 0.6) is 0 Å². The van der Waals surface area contributed by atoms with E-state index in [9.17, 15) is 0 Å². The van der Waals surface area contributed by atoms with E-state index in [-0.39, 0.29) is 0 Å². The average Bonchev–Trinajstić information content (AvgIpc) is 2.42. The SMILES string of the molecule is C=CC=C[C@@H]1CO1. The van der Waals surface area contributed by atoms with Crippen molar-refractivity contribution in [3.63, 3.8) is 0 Å². The molecule has 0 bridgehead atoms. The second kappa shape index (κ2) is 1.94. The first-order chi connectivity index (χ1) is 3.43. The molecule has 0 aromatic rings. The molecule has 1 saturated heterocycles. The summed E-state index contributed by atoms with van der Waals surface area (Å²) in [4.78, 5) is 0. The zero-order chi connectivity index (χ0) is 5.11. The molecule has 0 unspecified atom stereocenters. The highest BCUT2D eigenvalue weighted by molar-refractivity contribution is 5.04. The fraction of sp³-hybridized carbons (Fsp3) is 0.333. The summed E-state index contributed by atoms with van der Waals surface area (Å²) in [6, 6.07) is 0. The van der Waals surface area contributed by atoms with Crippen LogP contribution >= 0.6 is 0 Å². The van der Waals surface area contributed by atoms with Crippen LogP contribution in [0.4, 0.5) is 0 Å². The second-order valence-electron chi connectivity index (χ2n) is 1.49. The van der Waals surface area contributed by atoms with E-state index >= 15 is 0 Å². The van der Waals surface area contributed by atoms with E-state index in [0.29, 0.717) is 6.10 Å². The van der Waals surface area contributed by atoms with E-state index in [0.717, 1.165) is 6.61 Å². The molecule has 1 rings (SSSR count). The zero-order valence-electron chi connectivity index (χ0n) is 4.13. The van der Waals surface area contributed by atoms with Gasteiger partial charge in [-0.15, -0.1) is 0 Å². The monoisotopic (exact) mass is 96.1 g/mol. The smallest absolute Gasteiger partial charge is 0.0994 e. The molecule has 1 nitrogen and oxygen atoms in total. The molecular formula is C6H8O. The standard InChI is InChI=1S/C6H8O/c1-2-3-4-6-5-7-6/h2-4,6H,1,5H2/t6-/m1/s1. The summed E-state index contributed by atoms with van der Waals surface area (Å²) in [5.41, 5.74) is 0. The van der Waals surface area contributed by atoms with Crippen molar-refractivity contribution in [2.45, 2.75) is 6.10 Å². The van der Waals surface area contributed by atoms with E-state index in [4.69, 9.17) is 4.74 Å². The highest BCUT2D eigenvalue weighted by atomic mass is 16.6. The Morgan fingerprint density at radius 3 is 2.86 bits per heavy atom. The lowest BCUT2D eigenvalue weighted by molar-refractivity contribution is 0.440. The lowest BCUT2D eigenvalue weighted by Crippen LogP contribution is -1.69. The van der Waals surface area contributed by atoms with Gasteiger partial charge in [0.25, 0.3) is 0 Å². The predicted molar refractivity (Wildman–Crippen MR) is 29.1 cm³/mol. The first-order valence-corrected chi connectivity index (χ1v) is 2.34. The van der Waals surface area contributed by atoms with Crippen LogP contribution in [0.25, 0.3) is 0 Å². The quantitative estimate of drug-likeness (QED) is 0.371. The van der Waals surface area contributed by atoms with Gasteiger partial charge >= 0.3 is 0 Å². The molecule has 0 radical (unpaired) electrons. The molecule has 0 aromatic carbocycles. The zero-order valence-corrected chi connectivity index (χ0v) is 4.13. The Bertz CT molecular complexity index is 90.4. The van der Waals surface area contributed by atoms with Crippen LogP contribution < -0.4 is 0 Å². The Morgan fingerprint density at radius 1 is 1.71 bits per heavy atom. The molecule has 1 aliphatic heterocycles. The second-order valence-corrected chi connectivity index (χ2v) is 1.49. The fourth-order valence-electron chi connectivity index (χ4n) is 0.369. The van der Waals surface area contributed by atoms with E-state index < -0.39 is 0 Å². The molecular weight excluding hydrogens is 88.1 g/mol. The largest absolute Gasteiger partial charge is 0.369 e. The van der Waals surface area contributed by atoms with Crippen LogP contribution in [-0.4, -0.2) is 12.7 Å². The third kappa shape index (κ3) is 1.55. The number of rotatable bonds is 2. The van der Waals surface area contributed by atoms with Crippen molar-refractivity contribution in [3.8, 4) is 0 Å². The highest BCUT2D eigenvalue weighted by Gasteiger charge is 2.16. The van der Waals surface area contributed by atoms with Crippen molar-refractivity contribution in [1.82, 2.24) is 0 Å². The number of hydrogen-bond donors (Lipinski definition) is 0. The summed E-state index contributed by atoms with van der Waals surface area (Å²) < 4.78 is 4.88. The predicted octanol–water partition coefficient (Wildman–Crippen LogP) is 1.13. The molecule has 0 amide bonds. The van der Waals surface area contributed by atoms with Crippen molar-refractivity contribution in [1.29, 1.82) is 0 Å². The van der Waals surface area contributed by atoms with Gasteiger partial charge in [0.2, 0.25) is 0 Å². The third-order valence-corrected chi connectivity index (χ3v) is 0.821. The Morgan fingerprint density at radius 2 is 2.43 bits per heavy atom. The summed E-state index contributed by atoms with van der Waals surface area (Å²) in [5.74, 6) is 0. The van der Waals surface area contributed by atoms with Gasteiger partial charge in [-0.1, -0.05) is 24.8 Å². The first-order valence-electron chi connectivity index (χ1n) is 2.34. The Hall–Kier alpha value is -0.560.